The van der Waals surface area contributed by atoms with Gasteiger partial charge in [-0.25, -0.2) is 5.43 Å². The number of ether oxygens (including phenoxy) is 1. The summed E-state index contributed by atoms with van der Waals surface area (Å²) in [5.74, 6) is -6.24. The third-order valence-electron chi connectivity index (χ3n) is 3.44. The van der Waals surface area contributed by atoms with E-state index in [1.54, 1.807) is 24.3 Å². The lowest BCUT2D eigenvalue weighted by Gasteiger charge is -2.27. The Hall–Kier alpha value is -2.01. The van der Waals surface area contributed by atoms with Gasteiger partial charge < -0.3 is 4.74 Å². The second-order valence-corrected chi connectivity index (χ2v) is 6.97. The van der Waals surface area contributed by atoms with Crippen LogP contribution in [0.1, 0.15) is 11.1 Å². The SMILES string of the molecule is FC(F)(F)C(F)(F)C(F)(F)N/N=C\c1cc(Cl)ccc1OCc1ccc(Br)cc1. The van der Waals surface area contributed by atoms with Crippen molar-refractivity contribution in [2.24, 2.45) is 5.10 Å². The molecule has 0 aromatic heterocycles. The van der Waals surface area contributed by atoms with Gasteiger partial charge in [-0.3, -0.25) is 0 Å². The molecule has 158 valence electrons. The van der Waals surface area contributed by atoms with Crippen LogP contribution < -0.4 is 10.2 Å². The van der Waals surface area contributed by atoms with Crippen LogP contribution in [0.3, 0.4) is 0 Å². The Balaban J connectivity index is 2.15. The summed E-state index contributed by atoms with van der Waals surface area (Å²) in [6, 6.07) is 5.33. The van der Waals surface area contributed by atoms with Crippen molar-refractivity contribution in [2.75, 3.05) is 0 Å². The maximum atomic E-state index is 13.2. The lowest BCUT2D eigenvalue weighted by molar-refractivity contribution is -0.361. The number of nitrogens with zero attached hydrogens (tertiary/aromatic N) is 1. The highest BCUT2D eigenvalue weighted by molar-refractivity contribution is 9.10. The third-order valence-corrected chi connectivity index (χ3v) is 4.20. The summed E-state index contributed by atoms with van der Waals surface area (Å²) in [6.45, 7) is 0.0610. The molecule has 0 saturated carbocycles. The van der Waals surface area contributed by atoms with Gasteiger partial charge in [-0.2, -0.15) is 35.8 Å². The van der Waals surface area contributed by atoms with E-state index in [-0.39, 0.29) is 22.9 Å². The Kier molecular flexibility index (Phi) is 7.05. The average molecular weight is 508 g/mol. The van der Waals surface area contributed by atoms with E-state index in [2.05, 4.69) is 21.0 Å². The van der Waals surface area contributed by atoms with E-state index < -0.39 is 18.1 Å². The fourth-order valence-electron chi connectivity index (χ4n) is 1.92. The van der Waals surface area contributed by atoms with Crippen LogP contribution in [0.5, 0.6) is 5.75 Å². The molecule has 0 radical (unpaired) electrons. The Morgan fingerprint density at radius 3 is 2.21 bits per heavy atom. The normalized spacial score (nSPS) is 13.0. The monoisotopic (exact) mass is 506 g/mol. The molecule has 0 aliphatic heterocycles. The van der Waals surface area contributed by atoms with Crippen molar-refractivity contribution in [3.8, 4) is 5.75 Å². The minimum atomic E-state index is -6.46. The summed E-state index contributed by atoms with van der Waals surface area (Å²) in [6.07, 6.45) is -5.86. The molecular formula is C17H11BrClF7N2O. The largest absolute Gasteiger partial charge is 0.488 e. The van der Waals surface area contributed by atoms with E-state index in [0.29, 0.717) is 11.6 Å². The van der Waals surface area contributed by atoms with Crippen LogP contribution in [-0.2, 0) is 6.61 Å². The van der Waals surface area contributed by atoms with Crippen molar-refractivity contribution in [2.45, 2.75) is 24.8 Å². The van der Waals surface area contributed by atoms with Crippen molar-refractivity contribution < 1.29 is 35.5 Å². The van der Waals surface area contributed by atoms with Gasteiger partial charge in [-0.1, -0.05) is 39.7 Å². The maximum absolute atomic E-state index is 13.2. The smallest absolute Gasteiger partial charge is 0.462 e. The van der Waals surface area contributed by atoms with Gasteiger partial charge in [-0.15, -0.1) is 0 Å². The molecule has 0 aliphatic carbocycles. The van der Waals surface area contributed by atoms with Gasteiger partial charge in [0.25, 0.3) is 0 Å². The molecule has 2 rings (SSSR count). The predicted octanol–water partition coefficient (Wildman–Crippen LogP) is 6.40. The zero-order valence-corrected chi connectivity index (χ0v) is 16.4. The number of hydrazone groups is 1. The quantitative estimate of drug-likeness (QED) is 0.204. The Bertz CT molecular complexity index is 873. The Morgan fingerprint density at radius 2 is 1.62 bits per heavy atom. The van der Waals surface area contributed by atoms with Crippen LogP contribution in [0.15, 0.2) is 52.0 Å². The molecule has 0 bridgehead atoms. The lowest BCUT2D eigenvalue weighted by atomic mass is 10.2. The molecule has 0 atom stereocenters. The minimum absolute atomic E-state index is 0.0202. The minimum Gasteiger partial charge on any atom is -0.488 e. The Labute approximate surface area is 173 Å². The van der Waals surface area contributed by atoms with Crippen molar-refractivity contribution >= 4 is 33.7 Å². The number of hydrogen-bond acceptors (Lipinski definition) is 3. The summed E-state index contributed by atoms with van der Waals surface area (Å²) in [5, 5.41) is 2.95. The van der Waals surface area contributed by atoms with Crippen LogP contribution in [-0.4, -0.2) is 24.4 Å². The van der Waals surface area contributed by atoms with Gasteiger partial charge in [0.05, 0.1) is 6.21 Å². The van der Waals surface area contributed by atoms with Gasteiger partial charge in [0.2, 0.25) is 0 Å². The molecule has 29 heavy (non-hydrogen) atoms. The van der Waals surface area contributed by atoms with Gasteiger partial charge in [0.15, 0.2) is 0 Å². The molecule has 3 nitrogen and oxygen atoms in total. The summed E-state index contributed by atoms with van der Waals surface area (Å²) in [5.41, 5.74) is 1.27. The number of nitrogens with one attached hydrogen (secondary N) is 1. The molecule has 0 spiro atoms. The first kappa shape index (κ1) is 23.3. The molecule has 1 N–H and O–H groups in total. The van der Waals surface area contributed by atoms with E-state index in [9.17, 15) is 30.7 Å². The zero-order valence-electron chi connectivity index (χ0n) is 14.1. The van der Waals surface area contributed by atoms with Crippen molar-refractivity contribution in [3.63, 3.8) is 0 Å². The summed E-state index contributed by atoms with van der Waals surface area (Å²) in [7, 11) is 0. The fraction of sp³-hybridized carbons (Fsp3) is 0.235. The zero-order chi connectivity index (χ0) is 21.9. The standard InChI is InChI=1S/C17H11BrClF7N2O/c18-12-3-1-10(2-4-12)9-29-14-6-5-13(19)7-11(14)8-27-28-17(25,26)15(20,21)16(22,23)24/h1-8,28H,9H2/b27-8-. The summed E-state index contributed by atoms with van der Waals surface area (Å²) >= 11 is 9.06. The molecule has 2 aromatic carbocycles. The molecule has 0 unspecified atom stereocenters. The first-order valence-electron chi connectivity index (χ1n) is 7.63. The van der Waals surface area contributed by atoms with Crippen LogP contribution in [0, 0.1) is 0 Å². The van der Waals surface area contributed by atoms with Crippen molar-refractivity contribution in [1.82, 2.24) is 5.43 Å². The van der Waals surface area contributed by atoms with Crippen LogP contribution >= 0.6 is 27.5 Å². The second kappa shape index (κ2) is 8.78. The van der Waals surface area contributed by atoms with Crippen molar-refractivity contribution in [3.05, 3.63) is 63.1 Å². The van der Waals surface area contributed by atoms with Crippen LogP contribution in [0.2, 0.25) is 5.02 Å². The third kappa shape index (κ3) is 5.75. The number of hydrogen-bond donors (Lipinski definition) is 1. The average Bonchev–Trinajstić information content (AvgIpc) is 2.61. The number of alkyl halides is 7. The first-order valence-corrected chi connectivity index (χ1v) is 8.80. The summed E-state index contributed by atoms with van der Waals surface area (Å²) in [4.78, 5) is 0. The molecule has 0 amide bonds. The molecule has 12 heteroatoms. The van der Waals surface area contributed by atoms with E-state index in [1.807, 2.05) is 0 Å². The summed E-state index contributed by atoms with van der Waals surface area (Å²) < 4.78 is 94.9. The van der Waals surface area contributed by atoms with Gasteiger partial charge in [-0.05, 0) is 35.9 Å². The predicted molar refractivity (Wildman–Crippen MR) is 96.6 cm³/mol. The first-order chi connectivity index (χ1) is 13.3. The number of benzene rings is 2. The van der Waals surface area contributed by atoms with Crippen LogP contribution in [0.25, 0.3) is 0 Å². The van der Waals surface area contributed by atoms with E-state index >= 15 is 0 Å². The fourth-order valence-corrected chi connectivity index (χ4v) is 2.37. The highest BCUT2D eigenvalue weighted by atomic mass is 79.9. The number of halogens is 9. The van der Waals surface area contributed by atoms with Crippen LogP contribution in [0.4, 0.5) is 30.7 Å². The molecule has 2 aromatic rings. The molecular weight excluding hydrogens is 497 g/mol. The van der Waals surface area contributed by atoms with E-state index in [1.165, 1.54) is 18.2 Å². The van der Waals surface area contributed by atoms with Gasteiger partial charge in [0.1, 0.15) is 12.4 Å². The maximum Gasteiger partial charge on any atom is 0.462 e. The number of rotatable bonds is 7. The molecule has 0 heterocycles. The highest BCUT2D eigenvalue weighted by Crippen LogP contribution is 2.45. The Morgan fingerprint density at radius 1 is 1.00 bits per heavy atom. The molecule has 0 fully saturated rings. The van der Waals surface area contributed by atoms with E-state index in [4.69, 9.17) is 16.3 Å². The topological polar surface area (TPSA) is 33.6 Å². The second-order valence-electron chi connectivity index (χ2n) is 5.61. The van der Waals surface area contributed by atoms with Gasteiger partial charge in [0, 0.05) is 15.1 Å². The van der Waals surface area contributed by atoms with E-state index in [0.717, 1.165) is 10.0 Å². The molecule has 0 aliphatic rings. The highest BCUT2D eigenvalue weighted by Gasteiger charge is 2.73. The van der Waals surface area contributed by atoms with Gasteiger partial charge >= 0.3 is 18.1 Å². The van der Waals surface area contributed by atoms with Crippen molar-refractivity contribution in [1.29, 1.82) is 0 Å². The molecule has 0 saturated heterocycles. The lowest BCUT2D eigenvalue weighted by Crippen LogP contribution is -2.58.